The summed E-state index contributed by atoms with van der Waals surface area (Å²) in [7, 11) is 0. The van der Waals surface area contributed by atoms with Gasteiger partial charge in [-0.15, -0.1) is 0 Å². The van der Waals surface area contributed by atoms with Gasteiger partial charge in [0, 0.05) is 6.04 Å². The lowest BCUT2D eigenvalue weighted by Gasteiger charge is -2.45. The highest BCUT2D eigenvalue weighted by Gasteiger charge is 2.46. The number of guanidine groups is 1. The van der Waals surface area contributed by atoms with Gasteiger partial charge in [-0.05, 0) is 37.5 Å². The monoisotopic (exact) mass is 265 g/mol. The average molecular weight is 265 g/mol. The van der Waals surface area contributed by atoms with Crippen molar-refractivity contribution in [1.82, 2.24) is 4.90 Å². The lowest BCUT2D eigenvalue weighted by Crippen LogP contribution is -2.56. The van der Waals surface area contributed by atoms with Crippen molar-refractivity contribution < 1.29 is 0 Å². The van der Waals surface area contributed by atoms with Crippen molar-refractivity contribution in [3.05, 3.63) is 0 Å². The Morgan fingerprint density at radius 1 is 1.16 bits per heavy atom. The molecule has 0 radical (unpaired) electrons. The average Bonchev–Trinajstić information content (AvgIpc) is 2.86. The van der Waals surface area contributed by atoms with Gasteiger partial charge in [0.15, 0.2) is 5.96 Å². The van der Waals surface area contributed by atoms with Crippen molar-refractivity contribution in [2.75, 3.05) is 6.54 Å². The normalized spacial score (nSPS) is 23.7. The van der Waals surface area contributed by atoms with Crippen molar-refractivity contribution in [2.24, 2.45) is 22.6 Å². The van der Waals surface area contributed by atoms with E-state index in [1.165, 1.54) is 38.5 Å². The molecule has 0 aromatic carbocycles. The van der Waals surface area contributed by atoms with Gasteiger partial charge in [0.25, 0.3) is 0 Å². The fourth-order valence-corrected chi connectivity index (χ4v) is 4.29. The van der Waals surface area contributed by atoms with Crippen LogP contribution in [0.4, 0.5) is 0 Å². The van der Waals surface area contributed by atoms with Crippen molar-refractivity contribution >= 4 is 5.96 Å². The molecule has 0 unspecified atom stereocenters. The summed E-state index contributed by atoms with van der Waals surface area (Å²) in [5, 5.41) is 0. The third-order valence-electron chi connectivity index (χ3n) is 4.56. The van der Waals surface area contributed by atoms with E-state index in [4.69, 9.17) is 5.73 Å². The first-order chi connectivity index (χ1) is 8.94. The van der Waals surface area contributed by atoms with Gasteiger partial charge < -0.3 is 10.6 Å². The van der Waals surface area contributed by atoms with Gasteiger partial charge in [-0.3, -0.25) is 4.99 Å². The smallest absolute Gasteiger partial charge is 0.192 e. The Hall–Kier alpha value is -0.730. The van der Waals surface area contributed by atoms with Crippen LogP contribution in [0.1, 0.15) is 66.2 Å². The summed E-state index contributed by atoms with van der Waals surface area (Å²) >= 11 is 0. The van der Waals surface area contributed by atoms with E-state index in [1.54, 1.807) is 0 Å². The molecule has 0 amide bonds. The van der Waals surface area contributed by atoms with E-state index in [0.29, 0.717) is 17.9 Å². The molecule has 0 aromatic rings. The Morgan fingerprint density at radius 3 is 2.16 bits per heavy atom. The van der Waals surface area contributed by atoms with E-state index in [-0.39, 0.29) is 5.54 Å². The predicted molar refractivity (Wildman–Crippen MR) is 82.2 cm³/mol. The summed E-state index contributed by atoms with van der Waals surface area (Å²) in [5.74, 6) is 2.21. The molecule has 19 heavy (non-hydrogen) atoms. The largest absolute Gasteiger partial charge is 0.370 e. The second-order valence-corrected chi connectivity index (χ2v) is 7.40. The van der Waals surface area contributed by atoms with Crippen LogP contribution in [0.3, 0.4) is 0 Å². The summed E-state index contributed by atoms with van der Waals surface area (Å²) in [4.78, 5) is 7.17. The summed E-state index contributed by atoms with van der Waals surface area (Å²) in [6.45, 7) is 10.2. The predicted octanol–water partition coefficient (Wildman–Crippen LogP) is 3.39. The van der Waals surface area contributed by atoms with E-state index in [9.17, 15) is 0 Å². The number of aliphatic imine (C=N–C) groups is 1. The van der Waals surface area contributed by atoms with Crippen molar-refractivity contribution in [1.29, 1.82) is 0 Å². The van der Waals surface area contributed by atoms with Crippen LogP contribution in [0.15, 0.2) is 4.99 Å². The van der Waals surface area contributed by atoms with Gasteiger partial charge in [-0.25, -0.2) is 0 Å². The third-order valence-corrected chi connectivity index (χ3v) is 4.56. The summed E-state index contributed by atoms with van der Waals surface area (Å²) < 4.78 is 0. The lowest BCUT2D eigenvalue weighted by atomic mass is 9.80. The minimum atomic E-state index is 0.196. The molecule has 1 heterocycles. The highest BCUT2D eigenvalue weighted by Crippen LogP contribution is 2.39. The van der Waals surface area contributed by atoms with E-state index >= 15 is 0 Å². The molecular formula is C16H31N3. The van der Waals surface area contributed by atoms with Crippen LogP contribution in [-0.2, 0) is 0 Å². The Bertz CT molecular complexity index is 317. The van der Waals surface area contributed by atoms with Crippen LogP contribution in [0.2, 0.25) is 0 Å². The van der Waals surface area contributed by atoms with Crippen molar-refractivity contribution in [3.63, 3.8) is 0 Å². The molecule has 3 nitrogen and oxygen atoms in total. The maximum absolute atomic E-state index is 6.26. The minimum Gasteiger partial charge on any atom is -0.370 e. The van der Waals surface area contributed by atoms with Crippen LogP contribution in [-0.4, -0.2) is 29.0 Å². The van der Waals surface area contributed by atoms with E-state index < -0.39 is 0 Å². The number of hydrogen-bond acceptors (Lipinski definition) is 3. The molecule has 0 bridgehead atoms. The fourth-order valence-electron chi connectivity index (χ4n) is 4.29. The molecule has 1 aliphatic carbocycles. The lowest BCUT2D eigenvalue weighted by molar-refractivity contribution is 0.0997. The Labute approximate surface area is 118 Å². The van der Waals surface area contributed by atoms with Crippen LogP contribution in [0, 0.1) is 11.8 Å². The Morgan fingerprint density at radius 2 is 1.68 bits per heavy atom. The van der Waals surface area contributed by atoms with Gasteiger partial charge in [-0.2, -0.15) is 0 Å². The topological polar surface area (TPSA) is 41.6 Å². The molecule has 1 fully saturated rings. The molecule has 3 heteroatoms. The molecule has 1 saturated carbocycles. The van der Waals surface area contributed by atoms with Crippen molar-refractivity contribution in [2.45, 2.75) is 77.8 Å². The van der Waals surface area contributed by atoms with E-state index in [1.807, 2.05) is 0 Å². The molecule has 110 valence electrons. The first-order valence-electron chi connectivity index (χ1n) is 8.04. The highest BCUT2D eigenvalue weighted by molar-refractivity contribution is 5.81. The van der Waals surface area contributed by atoms with Gasteiger partial charge in [0.1, 0.15) is 0 Å². The maximum atomic E-state index is 6.26. The van der Waals surface area contributed by atoms with Gasteiger partial charge in [0.05, 0.1) is 12.1 Å². The Kier molecular flexibility index (Phi) is 4.42. The first-order valence-corrected chi connectivity index (χ1v) is 8.04. The van der Waals surface area contributed by atoms with E-state index in [2.05, 4.69) is 37.6 Å². The number of hydrogen-bond donors (Lipinski definition) is 1. The van der Waals surface area contributed by atoms with Crippen LogP contribution >= 0.6 is 0 Å². The number of nitrogens with two attached hydrogens (primary N) is 1. The number of nitrogens with zero attached hydrogens (tertiary/aromatic N) is 2. The zero-order valence-corrected chi connectivity index (χ0v) is 13.2. The minimum absolute atomic E-state index is 0.196. The Balaban J connectivity index is 2.23. The highest BCUT2D eigenvalue weighted by atomic mass is 15.4. The zero-order chi connectivity index (χ0) is 14.0. The van der Waals surface area contributed by atoms with E-state index in [0.717, 1.165) is 12.5 Å². The molecule has 0 saturated heterocycles. The maximum Gasteiger partial charge on any atom is 0.192 e. The van der Waals surface area contributed by atoms with Crippen LogP contribution in [0.25, 0.3) is 0 Å². The number of rotatable bonds is 5. The first kappa shape index (κ1) is 14.7. The zero-order valence-electron chi connectivity index (χ0n) is 13.2. The molecular weight excluding hydrogens is 234 g/mol. The second-order valence-electron chi connectivity index (χ2n) is 7.40. The second kappa shape index (κ2) is 5.72. The molecule has 1 aliphatic heterocycles. The van der Waals surface area contributed by atoms with Crippen LogP contribution in [0.5, 0.6) is 0 Å². The van der Waals surface area contributed by atoms with Crippen molar-refractivity contribution in [3.8, 4) is 0 Å². The molecule has 2 aliphatic rings. The van der Waals surface area contributed by atoms with Gasteiger partial charge in [-0.1, -0.05) is 40.5 Å². The quantitative estimate of drug-likeness (QED) is 0.828. The standard InChI is InChI=1S/C16H31N3/c1-12(2)9-16(10-13(3)4)11-18-15(17)19(16)14-7-5-6-8-14/h12-14H,5-11H2,1-4H3,(H2,17,18). The summed E-state index contributed by atoms with van der Waals surface area (Å²) in [5.41, 5.74) is 6.46. The molecule has 2 N–H and O–H groups in total. The summed E-state index contributed by atoms with van der Waals surface area (Å²) in [6, 6.07) is 0.642. The molecule has 2 rings (SSSR count). The van der Waals surface area contributed by atoms with Gasteiger partial charge in [0.2, 0.25) is 0 Å². The van der Waals surface area contributed by atoms with Gasteiger partial charge >= 0.3 is 0 Å². The third kappa shape index (κ3) is 3.06. The molecule has 0 spiro atoms. The fraction of sp³-hybridized carbons (Fsp3) is 0.938. The molecule has 0 atom stereocenters. The molecule has 0 aromatic heterocycles. The SMILES string of the molecule is CC(C)CC1(CC(C)C)CN=C(N)N1C1CCCC1. The summed E-state index contributed by atoms with van der Waals surface area (Å²) in [6.07, 6.45) is 7.74. The van der Waals surface area contributed by atoms with Crippen LogP contribution < -0.4 is 5.73 Å².